The van der Waals surface area contributed by atoms with E-state index in [0.717, 1.165) is 24.6 Å². The van der Waals surface area contributed by atoms with Gasteiger partial charge in [0.1, 0.15) is 11.5 Å². The molecule has 2 aromatic heterocycles. The molecule has 7 heteroatoms. The molecule has 1 aliphatic rings. The Morgan fingerprint density at radius 3 is 2.79 bits per heavy atom. The predicted molar refractivity (Wildman–Crippen MR) is 83.5 cm³/mol. The fraction of sp³-hybridized carbons (Fsp3) is 0.412. The standard InChI is InChI=1S/C17H18F3N3O/c18-17(19,20)15-7-3-8-16(22-15)23-10-4-6-14(11-23)24-12-13-5-1-2-9-21-13/h1-3,5,7-9,14H,4,6,10-12H2. The fourth-order valence-corrected chi connectivity index (χ4v) is 2.73. The lowest BCUT2D eigenvalue weighted by atomic mass is 10.1. The second-order valence-corrected chi connectivity index (χ2v) is 5.72. The lowest BCUT2D eigenvalue weighted by Gasteiger charge is -2.33. The van der Waals surface area contributed by atoms with Crippen molar-refractivity contribution in [2.75, 3.05) is 18.0 Å². The molecule has 1 fully saturated rings. The smallest absolute Gasteiger partial charge is 0.370 e. The van der Waals surface area contributed by atoms with E-state index in [2.05, 4.69) is 9.97 Å². The van der Waals surface area contributed by atoms with Crippen LogP contribution in [0.3, 0.4) is 0 Å². The van der Waals surface area contributed by atoms with Gasteiger partial charge in [0.05, 0.1) is 18.4 Å². The Balaban J connectivity index is 1.63. The van der Waals surface area contributed by atoms with Crippen molar-refractivity contribution in [3.63, 3.8) is 0 Å². The van der Waals surface area contributed by atoms with Crippen LogP contribution in [-0.4, -0.2) is 29.2 Å². The van der Waals surface area contributed by atoms with Gasteiger partial charge in [0.2, 0.25) is 0 Å². The zero-order valence-electron chi connectivity index (χ0n) is 13.0. The second-order valence-electron chi connectivity index (χ2n) is 5.72. The molecule has 1 unspecified atom stereocenters. The molecule has 24 heavy (non-hydrogen) atoms. The molecule has 3 heterocycles. The van der Waals surface area contributed by atoms with Crippen molar-refractivity contribution in [1.29, 1.82) is 0 Å². The Bertz CT molecular complexity index is 664. The van der Waals surface area contributed by atoms with Crippen LogP contribution in [0.2, 0.25) is 0 Å². The van der Waals surface area contributed by atoms with Gasteiger partial charge in [0.15, 0.2) is 0 Å². The zero-order valence-corrected chi connectivity index (χ0v) is 13.0. The maximum Gasteiger partial charge on any atom is 0.433 e. The van der Waals surface area contributed by atoms with Crippen molar-refractivity contribution in [3.8, 4) is 0 Å². The SMILES string of the molecule is FC(F)(F)c1cccc(N2CCCC(OCc3ccccn3)C2)n1. The maximum absolute atomic E-state index is 12.8. The van der Waals surface area contributed by atoms with Gasteiger partial charge >= 0.3 is 6.18 Å². The van der Waals surface area contributed by atoms with Gasteiger partial charge in [-0.15, -0.1) is 0 Å². The normalized spacial score (nSPS) is 18.6. The number of hydrogen-bond donors (Lipinski definition) is 0. The lowest BCUT2D eigenvalue weighted by Crippen LogP contribution is -2.40. The Kier molecular flexibility index (Phi) is 4.99. The first-order chi connectivity index (χ1) is 11.5. The van der Waals surface area contributed by atoms with Crippen molar-refractivity contribution in [2.24, 2.45) is 0 Å². The Labute approximate surface area is 138 Å². The molecule has 0 spiro atoms. The predicted octanol–water partition coefficient (Wildman–Crippen LogP) is 3.68. The summed E-state index contributed by atoms with van der Waals surface area (Å²) < 4.78 is 44.3. The van der Waals surface area contributed by atoms with E-state index in [9.17, 15) is 13.2 Å². The highest BCUT2D eigenvalue weighted by Gasteiger charge is 2.33. The van der Waals surface area contributed by atoms with Gasteiger partial charge in [-0.05, 0) is 37.1 Å². The molecule has 1 aliphatic heterocycles. The minimum atomic E-state index is -4.43. The molecular formula is C17H18F3N3O. The summed E-state index contributed by atoms with van der Waals surface area (Å²) in [6.07, 6.45) is -1.04. The average Bonchev–Trinajstić information content (AvgIpc) is 2.60. The van der Waals surface area contributed by atoms with Crippen LogP contribution in [0.5, 0.6) is 0 Å². The van der Waals surface area contributed by atoms with Crippen molar-refractivity contribution in [3.05, 3.63) is 54.0 Å². The summed E-state index contributed by atoms with van der Waals surface area (Å²) in [6, 6.07) is 9.61. The average molecular weight is 337 g/mol. The highest BCUT2D eigenvalue weighted by Crippen LogP contribution is 2.29. The minimum absolute atomic E-state index is 0.0444. The number of anilines is 1. The zero-order chi connectivity index (χ0) is 17.0. The molecule has 3 rings (SSSR count). The number of pyridine rings is 2. The quantitative estimate of drug-likeness (QED) is 0.853. The van der Waals surface area contributed by atoms with Crippen LogP contribution < -0.4 is 4.90 Å². The summed E-state index contributed by atoms with van der Waals surface area (Å²) in [5, 5.41) is 0. The van der Waals surface area contributed by atoms with Crippen LogP contribution in [0.25, 0.3) is 0 Å². The van der Waals surface area contributed by atoms with Crippen molar-refractivity contribution >= 4 is 5.82 Å². The van der Waals surface area contributed by atoms with E-state index in [-0.39, 0.29) is 6.10 Å². The van der Waals surface area contributed by atoms with Gasteiger partial charge in [-0.3, -0.25) is 4.98 Å². The number of nitrogens with zero attached hydrogens (tertiary/aromatic N) is 3. The molecule has 4 nitrogen and oxygen atoms in total. The summed E-state index contributed by atoms with van der Waals surface area (Å²) in [4.78, 5) is 9.81. The fourth-order valence-electron chi connectivity index (χ4n) is 2.73. The molecule has 0 aliphatic carbocycles. The Hall–Kier alpha value is -2.15. The van der Waals surface area contributed by atoms with Crippen LogP contribution in [-0.2, 0) is 17.5 Å². The minimum Gasteiger partial charge on any atom is -0.370 e. The van der Waals surface area contributed by atoms with E-state index < -0.39 is 11.9 Å². The first kappa shape index (κ1) is 16.7. The number of hydrogen-bond acceptors (Lipinski definition) is 4. The van der Waals surface area contributed by atoms with E-state index in [1.54, 1.807) is 12.3 Å². The third kappa shape index (κ3) is 4.23. The Morgan fingerprint density at radius 2 is 2.04 bits per heavy atom. The number of piperidine rings is 1. The molecular weight excluding hydrogens is 319 g/mol. The number of alkyl halides is 3. The summed E-state index contributed by atoms with van der Waals surface area (Å²) >= 11 is 0. The third-order valence-corrected chi connectivity index (χ3v) is 3.92. The van der Waals surface area contributed by atoms with E-state index in [1.165, 1.54) is 6.07 Å². The second kappa shape index (κ2) is 7.17. The van der Waals surface area contributed by atoms with Gasteiger partial charge in [0, 0.05) is 19.3 Å². The molecule has 0 aromatic carbocycles. The number of ether oxygens (including phenoxy) is 1. The lowest BCUT2D eigenvalue weighted by molar-refractivity contribution is -0.141. The van der Waals surface area contributed by atoms with Gasteiger partial charge in [-0.2, -0.15) is 13.2 Å². The van der Waals surface area contributed by atoms with Gasteiger partial charge in [-0.25, -0.2) is 4.98 Å². The van der Waals surface area contributed by atoms with Crippen LogP contribution in [0.4, 0.5) is 19.0 Å². The Morgan fingerprint density at radius 1 is 1.17 bits per heavy atom. The van der Waals surface area contributed by atoms with Crippen LogP contribution in [0.15, 0.2) is 42.6 Å². The molecule has 0 bridgehead atoms. The van der Waals surface area contributed by atoms with Crippen molar-refractivity contribution in [2.45, 2.75) is 31.7 Å². The molecule has 1 atom stereocenters. The first-order valence-corrected chi connectivity index (χ1v) is 7.83. The highest BCUT2D eigenvalue weighted by molar-refractivity contribution is 5.40. The number of aromatic nitrogens is 2. The molecule has 128 valence electrons. The maximum atomic E-state index is 12.8. The van der Waals surface area contributed by atoms with E-state index in [4.69, 9.17) is 4.74 Å². The first-order valence-electron chi connectivity index (χ1n) is 7.83. The number of halogens is 3. The van der Waals surface area contributed by atoms with Crippen molar-refractivity contribution in [1.82, 2.24) is 9.97 Å². The van der Waals surface area contributed by atoms with Crippen LogP contribution in [0.1, 0.15) is 24.2 Å². The molecule has 2 aromatic rings. The van der Waals surface area contributed by atoms with Crippen LogP contribution >= 0.6 is 0 Å². The molecule has 0 radical (unpaired) electrons. The summed E-state index contributed by atoms with van der Waals surface area (Å²) in [7, 11) is 0. The third-order valence-electron chi connectivity index (χ3n) is 3.92. The molecule has 0 N–H and O–H groups in total. The summed E-state index contributed by atoms with van der Waals surface area (Å²) in [6.45, 7) is 1.61. The number of rotatable bonds is 4. The summed E-state index contributed by atoms with van der Waals surface area (Å²) in [5.41, 5.74) is -0.0247. The molecule has 0 amide bonds. The molecule has 0 saturated carbocycles. The van der Waals surface area contributed by atoms with Crippen molar-refractivity contribution < 1.29 is 17.9 Å². The van der Waals surface area contributed by atoms with Crippen LogP contribution in [0, 0.1) is 0 Å². The van der Waals surface area contributed by atoms with E-state index in [1.807, 2.05) is 23.1 Å². The largest absolute Gasteiger partial charge is 0.433 e. The topological polar surface area (TPSA) is 38.2 Å². The summed E-state index contributed by atoms with van der Waals surface area (Å²) in [5.74, 6) is 0.343. The highest BCUT2D eigenvalue weighted by atomic mass is 19.4. The van der Waals surface area contributed by atoms with Gasteiger partial charge < -0.3 is 9.64 Å². The molecule has 1 saturated heterocycles. The van der Waals surface area contributed by atoms with E-state index in [0.29, 0.717) is 25.5 Å². The monoisotopic (exact) mass is 337 g/mol. The van der Waals surface area contributed by atoms with E-state index >= 15 is 0 Å². The van der Waals surface area contributed by atoms with Gasteiger partial charge in [-0.1, -0.05) is 12.1 Å². The van der Waals surface area contributed by atoms with Gasteiger partial charge in [0.25, 0.3) is 0 Å².